The number of carbonyl (C=O) groups excluding carboxylic acids is 1. The Morgan fingerprint density at radius 3 is 3.00 bits per heavy atom. The summed E-state index contributed by atoms with van der Waals surface area (Å²) in [6, 6.07) is 3.99. The number of H-pyrrole nitrogens is 1. The van der Waals surface area contributed by atoms with Gasteiger partial charge in [0.1, 0.15) is 0 Å². The van der Waals surface area contributed by atoms with E-state index in [2.05, 4.69) is 25.7 Å². The van der Waals surface area contributed by atoms with Gasteiger partial charge in [0, 0.05) is 23.4 Å². The summed E-state index contributed by atoms with van der Waals surface area (Å²) in [5, 5.41) is 18.6. The highest BCUT2D eigenvalue weighted by atomic mass is 32.1. The van der Waals surface area contributed by atoms with Gasteiger partial charge in [-0.2, -0.15) is 5.10 Å². The normalized spacial score (nSPS) is 14.0. The Morgan fingerprint density at radius 1 is 1.26 bits per heavy atom. The Labute approximate surface area is 161 Å². The van der Waals surface area contributed by atoms with Gasteiger partial charge in [0.25, 0.3) is 5.89 Å². The van der Waals surface area contributed by atoms with Gasteiger partial charge in [-0.1, -0.05) is 6.42 Å². The average Bonchev–Trinajstić information content (AvgIpc) is 3.35. The van der Waals surface area contributed by atoms with Gasteiger partial charge in [0.15, 0.2) is 0 Å². The molecule has 1 aliphatic carbocycles. The van der Waals surface area contributed by atoms with Gasteiger partial charge in [0.2, 0.25) is 11.8 Å². The van der Waals surface area contributed by atoms with E-state index in [-0.39, 0.29) is 5.91 Å². The molecule has 3 aromatic rings. The largest absolute Gasteiger partial charge is 0.420 e. The molecule has 0 radical (unpaired) electrons. The molecule has 3 heterocycles. The standard InChI is InChI=1S/C19H23N5O2S/c1-12-7-8-16(27-12)19-24-23-18(26-19)10-9-17(25)20-11-15-13-5-3-2-4-6-14(13)21-22-15/h7-8H,2-6,9-11H2,1H3,(H,20,25)(H,21,22). The molecule has 0 unspecified atom stereocenters. The third-order valence-electron chi connectivity index (χ3n) is 4.83. The highest BCUT2D eigenvalue weighted by molar-refractivity contribution is 7.15. The first-order valence-corrected chi connectivity index (χ1v) is 10.2. The smallest absolute Gasteiger partial charge is 0.257 e. The summed E-state index contributed by atoms with van der Waals surface area (Å²) in [5.41, 5.74) is 3.49. The minimum absolute atomic E-state index is 0.0351. The quantitative estimate of drug-likeness (QED) is 0.634. The number of rotatable bonds is 6. The third-order valence-corrected chi connectivity index (χ3v) is 5.82. The minimum Gasteiger partial charge on any atom is -0.420 e. The maximum atomic E-state index is 12.2. The lowest BCUT2D eigenvalue weighted by molar-refractivity contribution is -0.121. The van der Waals surface area contributed by atoms with Crippen LogP contribution in [0.1, 0.15) is 53.4 Å². The van der Waals surface area contributed by atoms with Crippen molar-refractivity contribution in [2.45, 2.75) is 58.4 Å². The van der Waals surface area contributed by atoms with E-state index in [1.807, 2.05) is 19.1 Å². The van der Waals surface area contributed by atoms with Crippen LogP contribution < -0.4 is 5.32 Å². The van der Waals surface area contributed by atoms with E-state index in [4.69, 9.17) is 4.42 Å². The second kappa shape index (κ2) is 8.04. The molecule has 4 rings (SSSR count). The van der Waals surface area contributed by atoms with Crippen LogP contribution in [0.15, 0.2) is 16.5 Å². The van der Waals surface area contributed by atoms with Crippen molar-refractivity contribution in [3.63, 3.8) is 0 Å². The van der Waals surface area contributed by atoms with Gasteiger partial charge >= 0.3 is 0 Å². The van der Waals surface area contributed by atoms with Crippen molar-refractivity contribution in [3.8, 4) is 10.8 Å². The molecule has 0 bridgehead atoms. The summed E-state index contributed by atoms with van der Waals surface area (Å²) in [6.45, 7) is 2.50. The number of fused-ring (bicyclic) bond motifs is 1. The van der Waals surface area contributed by atoms with Crippen LogP contribution in [0, 0.1) is 6.92 Å². The third kappa shape index (κ3) is 4.27. The van der Waals surface area contributed by atoms with E-state index in [0.29, 0.717) is 31.2 Å². The maximum Gasteiger partial charge on any atom is 0.257 e. The SMILES string of the molecule is Cc1ccc(-c2nnc(CCC(=O)NCc3n[nH]c4c3CCCCC4)o2)s1. The number of hydrogen-bond donors (Lipinski definition) is 2. The van der Waals surface area contributed by atoms with Crippen LogP contribution in [0.5, 0.6) is 0 Å². The molecule has 8 heteroatoms. The zero-order chi connectivity index (χ0) is 18.6. The van der Waals surface area contributed by atoms with Crippen molar-refractivity contribution in [1.29, 1.82) is 0 Å². The van der Waals surface area contributed by atoms with Crippen LogP contribution in [0.25, 0.3) is 10.8 Å². The van der Waals surface area contributed by atoms with Gasteiger partial charge in [-0.25, -0.2) is 0 Å². The Kier molecular flexibility index (Phi) is 5.33. The van der Waals surface area contributed by atoms with Gasteiger partial charge in [-0.15, -0.1) is 21.5 Å². The number of nitrogens with zero attached hydrogens (tertiary/aromatic N) is 3. The molecular formula is C19H23N5O2S. The number of aromatic amines is 1. The number of carbonyl (C=O) groups is 1. The number of hydrogen-bond acceptors (Lipinski definition) is 6. The molecule has 0 atom stereocenters. The zero-order valence-electron chi connectivity index (χ0n) is 15.4. The highest BCUT2D eigenvalue weighted by Gasteiger charge is 2.16. The lowest BCUT2D eigenvalue weighted by Gasteiger charge is -2.04. The fourth-order valence-electron chi connectivity index (χ4n) is 3.37. The second-order valence-electron chi connectivity index (χ2n) is 6.88. The van der Waals surface area contributed by atoms with Crippen molar-refractivity contribution < 1.29 is 9.21 Å². The lowest BCUT2D eigenvalue weighted by Crippen LogP contribution is -2.23. The van der Waals surface area contributed by atoms with Crippen LogP contribution in [-0.4, -0.2) is 26.3 Å². The number of amides is 1. The van der Waals surface area contributed by atoms with Crippen molar-refractivity contribution in [1.82, 2.24) is 25.7 Å². The molecule has 2 N–H and O–H groups in total. The van der Waals surface area contributed by atoms with Crippen LogP contribution in [-0.2, 0) is 30.6 Å². The molecule has 27 heavy (non-hydrogen) atoms. The van der Waals surface area contributed by atoms with E-state index in [1.54, 1.807) is 11.3 Å². The lowest BCUT2D eigenvalue weighted by atomic mass is 10.1. The average molecular weight is 385 g/mol. The summed E-state index contributed by atoms with van der Waals surface area (Å²) in [5.74, 6) is 0.967. The Morgan fingerprint density at radius 2 is 2.15 bits per heavy atom. The fraction of sp³-hybridized carbons (Fsp3) is 0.474. The van der Waals surface area contributed by atoms with Crippen molar-refractivity contribution >= 4 is 17.2 Å². The predicted molar refractivity (Wildman–Crippen MR) is 102 cm³/mol. The molecule has 0 aromatic carbocycles. The topological polar surface area (TPSA) is 96.7 Å². The van der Waals surface area contributed by atoms with Crippen LogP contribution >= 0.6 is 11.3 Å². The number of aryl methyl sites for hydroxylation is 3. The molecule has 0 aliphatic heterocycles. The number of aromatic nitrogens is 4. The molecule has 7 nitrogen and oxygen atoms in total. The highest BCUT2D eigenvalue weighted by Crippen LogP contribution is 2.26. The molecule has 1 amide bonds. The molecule has 0 saturated heterocycles. The summed E-state index contributed by atoms with van der Waals surface area (Å²) in [7, 11) is 0. The zero-order valence-corrected chi connectivity index (χ0v) is 16.2. The summed E-state index contributed by atoms with van der Waals surface area (Å²) in [4.78, 5) is 14.3. The second-order valence-corrected chi connectivity index (χ2v) is 8.16. The van der Waals surface area contributed by atoms with Crippen LogP contribution in [0.4, 0.5) is 0 Å². The number of nitrogens with one attached hydrogen (secondary N) is 2. The van der Waals surface area contributed by atoms with E-state index >= 15 is 0 Å². The van der Waals surface area contributed by atoms with E-state index in [9.17, 15) is 4.79 Å². The molecule has 1 aliphatic rings. The molecule has 0 spiro atoms. The molecule has 0 fully saturated rings. The first-order valence-electron chi connectivity index (χ1n) is 9.40. The van der Waals surface area contributed by atoms with E-state index in [0.717, 1.165) is 23.4 Å². The Hall–Kier alpha value is -2.48. The molecule has 0 saturated carbocycles. The monoisotopic (exact) mass is 385 g/mol. The van der Waals surface area contributed by atoms with E-state index in [1.165, 1.54) is 35.4 Å². The predicted octanol–water partition coefficient (Wildman–Crippen LogP) is 3.35. The Balaban J connectivity index is 1.28. The van der Waals surface area contributed by atoms with Gasteiger partial charge in [0.05, 0.1) is 17.1 Å². The first kappa shape index (κ1) is 17.9. The number of thiophene rings is 1. The van der Waals surface area contributed by atoms with Gasteiger partial charge < -0.3 is 9.73 Å². The first-order chi connectivity index (χ1) is 13.2. The van der Waals surface area contributed by atoms with Gasteiger partial charge in [-0.3, -0.25) is 9.89 Å². The molecular weight excluding hydrogens is 362 g/mol. The van der Waals surface area contributed by atoms with Crippen molar-refractivity contribution in [2.75, 3.05) is 0 Å². The maximum absolute atomic E-state index is 12.2. The van der Waals surface area contributed by atoms with E-state index < -0.39 is 0 Å². The van der Waals surface area contributed by atoms with Gasteiger partial charge in [-0.05, 0) is 50.3 Å². The fourth-order valence-corrected chi connectivity index (χ4v) is 4.16. The molecule has 142 valence electrons. The van der Waals surface area contributed by atoms with Crippen LogP contribution in [0.2, 0.25) is 0 Å². The van der Waals surface area contributed by atoms with Crippen molar-refractivity contribution in [3.05, 3.63) is 39.9 Å². The summed E-state index contributed by atoms with van der Waals surface area (Å²) in [6.07, 6.45) is 6.50. The van der Waals surface area contributed by atoms with Crippen molar-refractivity contribution in [2.24, 2.45) is 0 Å². The summed E-state index contributed by atoms with van der Waals surface area (Å²) < 4.78 is 5.66. The molecule has 3 aromatic heterocycles. The Bertz CT molecular complexity index is 926. The summed E-state index contributed by atoms with van der Waals surface area (Å²) >= 11 is 1.61. The minimum atomic E-state index is -0.0351. The van der Waals surface area contributed by atoms with Crippen LogP contribution in [0.3, 0.4) is 0 Å².